The number of hydrogen-bond acceptors (Lipinski definition) is 5. The second-order valence-corrected chi connectivity index (χ2v) is 12.9. The lowest BCUT2D eigenvalue weighted by molar-refractivity contribution is -0.104. The third-order valence-electron chi connectivity index (χ3n) is 7.80. The van der Waals surface area contributed by atoms with Gasteiger partial charge in [-0.3, -0.25) is 14.6 Å². The number of aromatic nitrogens is 2. The molecule has 1 aromatic heterocycles. The third-order valence-corrected chi connectivity index (χ3v) is 8.26. The first-order chi connectivity index (χ1) is 19.5. The molecule has 4 aromatic rings. The summed E-state index contributed by atoms with van der Waals surface area (Å²) in [6, 6.07) is 18.9. The Hall–Kier alpha value is -3.51. The van der Waals surface area contributed by atoms with Gasteiger partial charge in [-0.15, -0.1) is 0 Å². The summed E-state index contributed by atoms with van der Waals surface area (Å²) >= 11 is 3.77. The van der Waals surface area contributed by atoms with Crippen LogP contribution in [0.1, 0.15) is 101 Å². The Kier molecular flexibility index (Phi) is 8.06. The van der Waals surface area contributed by atoms with Gasteiger partial charge in [0.1, 0.15) is 12.1 Å². The van der Waals surface area contributed by atoms with Crippen LogP contribution in [-0.2, 0) is 4.79 Å². The summed E-state index contributed by atoms with van der Waals surface area (Å²) in [6.07, 6.45) is 2.56. The van der Waals surface area contributed by atoms with Gasteiger partial charge in [-0.1, -0.05) is 102 Å². The molecule has 0 spiro atoms. The number of halogens is 1. The maximum Gasteiger partial charge on any atom is 0.183 e. The molecule has 1 aliphatic heterocycles. The van der Waals surface area contributed by atoms with Crippen LogP contribution < -0.4 is 9.80 Å². The van der Waals surface area contributed by atoms with E-state index in [9.17, 15) is 4.79 Å². The zero-order valence-electron chi connectivity index (χ0n) is 25.2. The lowest BCUT2D eigenvalue weighted by Crippen LogP contribution is -2.26. The fraction of sp³-hybridized carbons (Fsp3) is 0.343. The lowest BCUT2D eigenvalue weighted by atomic mass is 9.91. The Labute approximate surface area is 252 Å². The minimum atomic E-state index is 0.234. The highest BCUT2D eigenvalue weighted by atomic mass is 79.9. The highest BCUT2D eigenvalue weighted by Crippen LogP contribution is 2.54. The van der Waals surface area contributed by atoms with Gasteiger partial charge in [-0.25, -0.2) is 9.97 Å². The third kappa shape index (κ3) is 5.07. The molecule has 0 unspecified atom stereocenters. The van der Waals surface area contributed by atoms with E-state index in [0.29, 0.717) is 0 Å². The smallest absolute Gasteiger partial charge is 0.183 e. The SMILES string of the molecule is CC(C)c1cccc(C(C)C)c1N1/C(=C/C=O)N(c2c(C(C)C)cc(Br)cc2C(C)C)c2nc3ccccc3nc21. The summed E-state index contributed by atoms with van der Waals surface area (Å²) in [5.74, 6) is 3.20. The van der Waals surface area contributed by atoms with Gasteiger partial charge in [0.15, 0.2) is 11.6 Å². The topological polar surface area (TPSA) is 49.3 Å². The number of para-hydroxylation sites is 3. The second kappa shape index (κ2) is 11.4. The molecule has 0 saturated heterocycles. The molecule has 2 heterocycles. The van der Waals surface area contributed by atoms with Crippen LogP contribution in [-0.4, -0.2) is 16.3 Å². The Morgan fingerprint density at radius 2 is 1.05 bits per heavy atom. The molecule has 5 rings (SSSR count). The fourth-order valence-electron chi connectivity index (χ4n) is 5.80. The Balaban J connectivity index is 1.96. The molecule has 5 nitrogen and oxygen atoms in total. The van der Waals surface area contributed by atoms with Crippen molar-refractivity contribution >= 4 is 56.3 Å². The van der Waals surface area contributed by atoms with Gasteiger partial charge in [0.25, 0.3) is 0 Å². The molecule has 0 radical (unpaired) electrons. The molecule has 0 bridgehead atoms. The number of carbonyl (C=O) groups excluding carboxylic acids is 1. The van der Waals surface area contributed by atoms with Crippen molar-refractivity contribution in [2.75, 3.05) is 9.80 Å². The maximum absolute atomic E-state index is 12.5. The van der Waals surface area contributed by atoms with Crippen molar-refractivity contribution in [1.29, 1.82) is 0 Å². The Bertz CT molecular complexity index is 1600. The van der Waals surface area contributed by atoms with E-state index in [-0.39, 0.29) is 23.7 Å². The largest absolute Gasteiger partial charge is 0.298 e. The predicted molar refractivity (Wildman–Crippen MR) is 175 cm³/mol. The molecule has 0 atom stereocenters. The van der Waals surface area contributed by atoms with E-state index in [4.69, 9.17) is 9.97 Å². The number of hydrogen-bond donors (Lipinski definition) is 0. The van der Waals surface area contributed by atoms with Crippen LogP contribution in [0.15, 0.2) is 71.0 Å². The van der Waals surface area contributed by atoms with Gasteiger partial charge in [0.2, 0.25) is 0 Å². The van der Waals surface area contributed by atoms with Gasteiger partial charge in [-0.05, 0) is 70.2 Å². The van der Waals surface area contributed by atoms with Crippen LogP contribution in [0.4, 0.5) is 23.0 Å². The molecule has 0 N–H and O–H groups in total. The standard InChI is InChI=1S/C35H39BrN4O/c1-20(2)25-12-11-13-26(21(3)4)32(25)39-31(16-17-41)40(35-34(39)37-29-14-9-10-15-30(29)38-35)33-27(22(5)6)18-24(36)19-28(33)23(7)8/h9-23H,1-8H3/b31-16-. The summed E-state index contributed by atoms with van der Waals surface area (Å²) in [7, 11) is 0. The van der Waals surface area contributed by atoms with Crippen LogP contribution in [0.3, 0.4) is 0 Å². The van der Waals surface area contributed by atoms with E-state index in [1.54, 1.807) is 6.08 Å². The quantitative estimate of drug-likeness (QED) is 0.154. The summed E-state index contributed by atoms with van der Waals surface area (Å²) < 4.78 is 1.04. The second-order valence-electron chi connectivity index (χ2n) is 12.0. The van der Waals surface area contributed by atoms with Crippen molar-refractivity contribution in [3.63, 3.8) is 0 Å². The number of anilines is 4. The van der Waals surface area contributed by atoms with Crippen LogP contribution >= 0.6 is 15.9 Å². The zero-order chi connectivity index (χ0) is 29.6. The summed E-state index contributed by atoms with van der Waals surface area (Å²) in [5.41, 5.74) is 8.56. The fourth-order valence-corrected chi connectivity index (χ4v) is 6.29. The van der Waals surface area contributed by atoms with Gasteiger partial charge in [0, 0.05) is 10.5 Å². The van der Waals surface area contributed by atoms with E-state index in [1.165, 1.54) is 22.3 Å². The monoisotopic (exact) mass is 610 g/mol. The lowest BCUT2D eigenvalue weighted by Gasteiger charge is -2.32. The highest BCUT2D eigenvalue weighted by molar-refractivity contribution is 9.10. The molecule has 1 aliphatic rings. The number of carbonyl (C=O) groups is 1. The maximum atomic E-state index is 12.5. The molecule has 41 heavy (non-hydrogen) atoms. The van der Waals surface area contributed by atoms with E-state index >= 15 is 0 Å². The van der Waals surface area contributed by atoms with E-state index in [2.05, 4.69) is 111 Å². The first-order valence-corrected chi connectivity index (χ1v) is 15.3. The van der Waals surface area contributed by atoms with Gasteiger partial charge in [-0.2, -0.15) is 0 Å². The first-order valence-electron chi connectivity index (χ1n) is 14.5. The Morgan fingerprint density at radius 3 is 1.44 bits per heavy atom. The summed E-state index contributed by atoms with van der Waals surface area (Å²) in [6.45, 7) is 17.7. The van der Waals surface area contributed by atoms with Crippen LogP contribution in [0.5, 0.6) is 0 Å². The van der Waals surface area contributed by atoms with Gasteiger partial charge in [0.05, 0.1) is 22.4 Å². The average molecular weight is 612 g/mol. The minimum Gasteiger partial charge on any atom is -0.298 e. The average Bonchev–Trinajstić information content (AvgIpc) is 3.22. The van der Waals surface area contributed by atoms with Crippen LogP contribution in [0, 0.1) is 0 Å². The molecule has 212 valence electrons. The van der Waals surface area contributed by atoms with Crippen molar-refractivity contribution in [2.24, 2.45) is 0 Å². The van der Waals surface area contributed by atoms with Crippen molar-refractivity contribution in [3.8, 4) is 0 Å². The summed E-state index contributed by atoms with van der Waals surface area (Å²) in [5, 5.41) is 0. The molecular formula is C35H39BrN4O. The predicted octanol–water partition coefficient (Wildman–Crippen LogP) is 10.2. The summed E-state index contributed by atoms with van der Waals surface area (Å²) in [4.78, 5) is 27.3. The van der Waals surface area contributed by atoms with Crippen LogP contribution in [0.25, 0.3) is 11.0 Å². The molecule has 0 amide bonds. The first kappa shape index (κ1) is 29.0. The molecule has 6 heteroatoms. The molecular weight excluding hydrogens is 572 g/mol. The van der Waals surface area contributed by atoms with Crippen LogP contribution in [0.2, 0.25) is 0 Å². The van der Waals surface area contributed by atoms with Gasteiger partial charge < -0.3 is 0 Å². The van der Waals surface area contributed by atoms with Crippen molar-refractivity contribution < 1.29 is 4.79 Å². The van der Waals surface area contributed by atoms with E-state index < -0.39 is 0 Å². The van der Waals surface area contributed by atoms with Crippen molar-refractivity contribution in [3.05, 3.63) is 93.2 Å². The number of aldehydes is 1. The van der Waals surface area contributed by atoms with Gasteiger partial charge >= 0.3 is 0 Å². The van der Waals surface area contributed by atoms with E-state index in [1.807, 2.05) is 24.3 Å². The number of rotatable bonds is 7. The molecule has 0 fully saturated rings. The molecule has 3 aromatic carbocycles. The molecule has 0 saturated carbocycles. The Morgan fingerprint density at radius 1 is 0.634 bits per heavy atom. The number of fused-ring (bicyclic) bond motifs is 2. The van der Waals surface area contributed by atoms with E-state index in [0.717, 1.165) is 50.6 Å². The zero-order valence-corrected chi connectivity index (χ0v) is 26.8. The number of benzene rings is 3. The normalized spacial score (nSPS) is 14.4. The number of nitrogens with zero attached hydrogens (tertiary/aromatic N) is 4. The minimum absolute atomic E-state index is 0.234. The molecule has 0 aliphatic carbocycles. The highest BCUT2D eigenvalue weighted by Gasteiger charge is 2.41. The number of allylic oxidation sites excluding steroid dienone is 1. The van der Waals surface area contributed by atoms with Crippen molar-refractivity contribution in [1.82, 2.24) is 9.97 Å². The van der Waals surface area contributed by atoms with Crippen molar-refractivity contribution in [2.45, 2.75) is 79.1 Å².